The molecule has 1 fully saturated rings. The van der Waals surface area contributed by atoms with E-state index in [0.717, 1.165) is 55.0 Å². The number of nitrogens with zero attached hydrogens (tertiary/aromatic N) is 2. The number of carbonyl (C=O) groups is 1. The second-order valence-corrected chi connectivity index (χ2v) is 13.2. The van der Waals surface area contributed by atoms with E-state index in [9.17, 15) is 9.90 Å². The molecule has 43 heavy (non-hydrogen) atoms. The molecule has 8 heteroatoms. The zero-order chi connectivity index (χ0) is 30.6. The van der Waals surface area contributed by atoms with Gasteiger partial charge in [0.25, 0.3) is 5.91 Å². The lowest BCUT2D eigenvalue weighted by Crippen LogP contribution is -2.50. The number of anilines is 1. The van der Waals surface area contributed by atoms with Crippen LogP contribution in [0.5, 0.6) is 5.75 Å². The third kappa shape index (κ3) is 8.08. The summed E-state index contributed by atoms with van der Waals surface area (Å²) in [6.45, 7) is 10.6. The Hall–Kier alpha value is -3.13. The number of fused-ring (bicyclic) bond motifs is 1. The van der Waals surface area contributed by atoms with Gasteiger partial charge in [-0.3, -0.25) is 4.79 Å². The summed E-state index contributed by atoms with van der Waals surface area (Å²) in [7, 11) is 0. The third-order valence-corrected chi connectivity index (χ3v) is 8.81. The topological polar surface area (TPSA) is 86.7 Å². The summed E-state index contributed by atoms with van der Waals surface area (Å²) < 4.78 is 6.27. The molecular weight excluding hydrogens is 560 g/mol. The average Bonchev–Trinajstić information content (AvgIpc) is 2.99. The van der Waals surface area contributed by atoms with Crippen LogP contribution in [0.3, 0.4) is 0 Å². The summed E-state index contributed by atoms with van der Waals surface area (Å²) >= 11 is 6.41. The van der Waals surface area contributed by atoms with Crippen molar-refractivity contribution in [2.24, 2.45) is 5.92 Å². The standard InChI is InChI=1S/C35H45ClN4O3/c1-5-24-13-14-31-27(16-24)29(20-35(3,4)43-31)37-21-30(41)28(17-25-11-7-6-8-12-25)38-34(42)26-18-32(36)39-33(19-26)40-15-9-10-23(2)22-40/h6-8,11-14,16,18-19,23,28-30,37,41H,5,9-10,15,17,20-22H2,1-4H3,(H,38,42)/t23-,28+,29+,30-/m1/s1. The van der Waals surface area contributed by atoms with Gasteiger partial charge in [-0.15, -0.1) is 0 Å². The van der Waals surface area contributed by atoms with Crippen molar-refractivity contribution in [1.82, 2.24) is 15.6 Å². The summed E-state index contributed by atoms with van der Waals surface area (Å²) in [4.78, 5) is 20.4. The molecule has 3 N–H and O–H groups in total. The van der Waals surface area contributed by atoms with E-state index in [0.29, 0.717) is 24.4 Å². The predicted octanol–water partition coefficient (Wildman–Crippen LogP) is 6.13. The van der Waals surface area contributed by atoms with Crippen molar-refractivity contribution in [3.63, 3.8) is 0 Å². The highest BCUT2D eigenvalue weighted by molar-refractivity contribution is 6.30. The number of hydrogen-bond donors (Lipinski definition) is 3. The summed E-state index contributed by atoms with van der Waals surface area (Å²) in [5.74, 6) is 1.88. The van der Waals surface area contributed by atoms with Gasteiger partial charge in [0.2, 0.25) is 0 Å². The maximum absolute atomic E-state index is 13.7. The highest BCUT2D eigenvalue weighted by Gasteiger charge is 2.34. The molecule has 5 rings (SSSR count). The van der Waals surface area contributed by atoms with Crippen LogP contribution in [0.2, 0.25) is 5.15 Å². The van der Waals surface area contributed by atoms with E-state index >= 15 is 0 Å². The highest BCUT2D eigenvalue weighted by Crippen LogP contribution is 2.40. The van der Waals surface area contributed by atoms with E-state index in [2.05, 4.69) is 66.4 Å². The molecular formula is C35H45ClN4O3. The second-order valence-electron chi connectivity index (χ2n) is 12.8. The minimum absolute atomic E-state index is 0.0153. The first kappa shape index (κ1) is 31.3. The molecule has 0 aliphatic carbocycles. The number of halogens is 1. The number of piperidine rings is 1. The molecule has 7 nitrogen and oxygen atoms in total. The quantitative estimate of drug-likeness (QED) is 0.242. The first-order valence-corrected chi connectivity index (χ1v) is 16.0. The monoisotopic (exact) mass is 604 g/mol. The Labute approximate surface area is 261 Å². The van der Waals surface area contributed by atoms with E-state index in [4.69, 9.17) is 16.3 Å². The van der Waals surface area contributed by atoms with Crippen molar-refractivity contribution in [1.29, 1.82) is 0 Å². The summed E-state index contributed by atoms with van der Waals surface area (Å²) in [6, 6.07) is 19.2. The number of amides is 1. The number of ether oxygens (including phenoxy) is 1. The number of aliphatic hydroxyl groups is 1. The lowest BCUT2D eigenvalue weighted by Gasteiger charge is -2.39. The van der Waals surface area contributed by atoms with Gasteiger partial charge in [0.05, 0.1) is 12.1 Å². The van der Waals surface area contributed by atoms with E-state index < -0.39 is 12.1 Å². The molecule has 0 unspecified atom stereocenters. The number of nitrogens with one attached hydrogen (secondary N) is 2. The van der Waals surface area contributed by atoms with Crippen LogP contribution in [0, 0.1) is 5.92 Å². The first-order valence-electron chi connectivity index (χ1n) is 15.6. The minimum atomic E-state index is -0.840. The molecule has 1 aromatic heterocycles. The normalized spacial score (nSPS) is 20.9. The SMILES string of the molecule is CCc1ccc2c(c1)[C@@H](NC[C@@H](O)[C@H](Cc1ccccc1)NC(=O)c1cc(Cl)nc(N3CCC[C@@H](C)C3)c1)CC(C)(C)O2. The van der Waals surface area contributed by atoms with Gasteiger partial charge in [0.15, 0.2) is 0 Å². The summed E-state index contributed by atoms with van der Waals surface area (Å²) in [5.41, 5.74) is 3.50. The van der Waals surface area contributed by atoms with Crippen molar-refractivity contribution in [2.75, 3.05) is 24.5 Å². The molecule has 1 saturated heterocycles. The first-order chi connectivity index (χ1) is 20.6. The number of pyridine rings is 1. The average molecular weight is 605 g/mol. The van der Waals surface area contributed by atoms with Gasteiger partial charge < -0.3 is 25.4 Å². The maximum atomic E-state index is 13.7. The Kier molecular flexibility index (Phi) is 9.95. The van der Waals surface area contributed by atoms with Gasteiger partial charge in [-0.05, 0) is 74.8 Å². The van der Waals surface area contributed by atoms with Crippen LogP contribution in [-0.4, -0.2) is 53.4 Å². The van der Waals surface area contributed by atoms with E-state index in [1.54, 1.807) is 6.07 Å². The lowest BCUT2D eigenvalue weighted by molar-refractivity contribution is 0.0582. The number of rotatable bonds is 10. The highest BCUT2D eigenvalue weighted by atomic mass is 35.5. The van der Waals surface area contributed by atoms with Gasteiger partial charge in [-0.25, -0.2) is 4.98 Å². The number of aryl methyl sites for hydroxylation is 1. The third-order valence-electron chi connectivity index (χ3n) is 8.62. The Morgan fingerprint density at radius 1 is 1.16 bits per heavy atom. The largest absolute Gasteiger partial charge is 0.487 e. The Bertz CT molecular complexity index is 1400. The summed E-state index contributed by atoms with van der Waals surface area (Å²) in [5, 5.41) is 18.6. The number of carbonyl (C=O) groups excluding carboxylic acids is 1. The Morgan fingerprint density at radius 3 is 2.70 bits per heavy atom. The van der Waals surface area contributed by atoms with Crippen molar-refractivity contribution in [3.8, 4) is 5.75 Å². The molecule has 4 atom stereocenters. The van der Waals surface area contributed by atoms with Crippen molar-refractivity contribution in [2.45, 2.75) is 83.6 Å². The molecule has 2 aromatic carbocycles. The van der Waals surface area contributed by atoms with E-state index in [1.165, 1.54) is 12.0 Å². The molecule has 230 valence electrons. The fourth-order valence-electron chi connectivity index (χ4n) is 6.29. The zero-order valence-corrected chi connectivity index (χ0v) is 26.5. The van der Waals surface area contributed by atoms with Gasteiger partial charge >= 0.3 is 0 Å². The molecule has 3 heterocycles. The van der Waals surface area contributed by atoms with Crippen molar-refractivity contribution >= 4 is 23.3 Å². The number of aliphatic hydroxyl groups excluding tert-OH is 1. The number of aromatic nitrogens is 1. The molecule has 1 amide bonds. The Balaban J connectivity index is 1.34. The Morgan fingerprint density at radius 2 is 1.95 bits per heavy atom. The molecule has 2 aliphatic heterocycles. The number of benzene rings is 2. The van der Waals surface area contributed by atoms with E-state index in [-0.39, 0.29) is 22.7 Å². The molecule has 0 radical (unpaired) electrons. The minimum Gasteiger partial charge on any atom is -0.487 e. The lowest BCUT2D eigenvalue weighted by atomic mass is 9.88. The van der Waals surface area contributed by atoms with Gasteiger partial charge in [0, 0.05) is 43.2 Å². The summed E-state index contributed by atoms with van der Waals surface area (Å²) in [6.07, 6.45) is 3.63. The van der Waals surface area contributed by atoms with Crippen LogP contribution in [0.1, 0.15) is 80.0 Å². The maximum Gasteiger partial charge on any atom is 0.251 e. The number of hydrogen-bond acceptors (Lipinski definition) is 6. The van der Waals surface area contributed by atoms with Crippen LogP contribution in [0.25, 0.3) is 0 Å². The van der Waals surface area contributed by atoms with Gasteiger partial charge in [0.1, 0.15) is 22.3 Å². The fraction of sp³-hybridized carbons (Fsp3) is 0.486. The molecule has 0 bridgehead atoms. The molecule has 0 saturated carbocycles. The molecule has 2 aliphatic rings. The van der Waals surface area contributed by atoms with Gasteiger partial charge in [-0.2, -0.15) is 0 Å². The smallest absolute Gasteiger partial charge is 0.251 e. The van der Waals surface area contributed by atoms with Crippen molar-refractivity contribution in [3.05, 3.63) is 88.1 Å². The van der Waals surface area contributed by atoms with Crippen LogP contribution in [0.15, 0.2) is 60.7 Å². The van der Waals surface area contributed by atoms with Crippen molar-refractivity contribution < 1.29 is 14.6 Å². The van der Waals surface area contributed by atoms with E-state index in [1.807, 2.05) is 36.4 Å². The van der Waals surface area contributed by atoms with Crippen LogP contribution in [-0.2, 0) is 12.8 Å². The predicted molar refractivity (Wildman–Crippen MR) is 173 cm³/mol. The van der Waals surface area contributed by atoms with Crippen LogP contribution in [0.4, 0.5) is 5.82 Å². The van der Waals surface area contributed by atoms with Crippen LogP contribution >= 0.6 is 11.6 Å². The second kappa shape index (κ2) is 13.7. The fourth-order valence-corrected chi connectivity index (χ4v) is 6.49. The van der Waals surface area contributed by atoms with Gasteiger partial charge in [-0.1, -0.05) is 67.9 Å². The zero-order valence-electron chi connectivity index (χ0n) is 25.8. The molecule has 0 spiro atoms. The van der Waals surface area contributed by atoms with Crippen LogP contribution < -0.4 is 20.3 Å². The molecule has 3 aromatic rings.